The molecule has 3 aliphatic rings. The Morgan fingerprint density at radius 1 is 1.14 bits per heavy atom. The summed E-state index contributed by atoms with van der Waals surface area (Å²) < 4.78 is 11.4. The predicted molar refractivity (Wildman–Crippen MR) is 87.5 cm³/mol. The molecule has 5 atom stereocenters. The summed E-state index contributed by atoms with van der Waals surface area (Å²) in [5.74, 6) is 1.74. The molecular formula is C19H34O3. The van der Waals surface area contributed by atoms with Gasteiger partial charge in [0.2, 0.25) is 0 Å². The number of hydrogen-bond acceptors (Lipinski definition) is 3. The van der Waals surface area contributed by atoms with Gasteiger partial charge in [-0.25, -0.2) is 0 Å². The van der Waals surface area contributed by atoms with Crippen LogP contribution in [0.1, 0.15) is 72.1 Å². The maximum Gasteiger partial charge on any atom is 0.165 e. The molecule has 1 aliphatic heterocycles. The van der Waals surface area contributed by atoms with Crippen molar-refractivity contribution in [1.82, 2.24) is 0 Å². The monoisotopic (exact) mass is 310 g/mol. The number of aliphatic hydroxyl groups is 1. The van der Waals surface area contributed by atoms with Gasteiger partial charge in [0, 0.05) is 6.42 Å². The molecule has 2 saturated carbocycles. The lowest BCUT2D eigenvalue weighted by atomic mass is 9.61. The van der Waals surface area contributed by atoms with Crippen molar-refractivity contribution >= 4 is 0 Å². The van der Waals surface area contributed by atoms with Gasteiger partial charge in [-0.15, -0.1) is 0 Å². The van der Waals surface area contributed by atoms with E-state index in [1.807, 2.05) is 0 Å². The molecule has 0 aromatic heterocycles. The predicted octanol–water partition coefficient (Wildman–Crippen LogP) is 4.13. The third-order valence-electron chi connectivity index (χ3n) is 7.04. The van der Waals surface area contributed by atoms with Crippen molar-refractivity contribution in [1.29, 1.82) is 0 Å². The molecule has 22 heavy (non-hydrogen) atoms. The molecule has 128 valence electrons. The summed E-state index contributed by atoms with van der Waals surface area (Å²) in [7, 11) is 0. The largest absolute Gasteiger partial charge is 0.393 e. The SMILES string of the molecule is CC(CCCC1(C)OCCO1)C1CCC2C(O)CCCC12C. The highest BCUT2D eigenvalue weighted by molar-refractivity contribution is 5.01. The van der Waals surface area contributed by atoms with E-state index in [0.717, 1.165) is 37.9 Å². The van der Waals surface area contributed by atoms with Crippen LogP contribution in [0.4, 0.5) is 0 Å². The van der Waals surface area contributed by atoms with E-state index in [-0.39, 0.29) is 11.9 Å². The van der Waals surface area contributed by atoms with Gasteiger partial charge in [0.05, 0.1) is 19.3 Å². The molecule has 5 unspecified atom stereocenters. The van der Waals surface area contributed by atoms with Gasteiger partial charge >= 0.3 is 0 Å². The van der Waals surface area contributed by atoms with Crippen LogP contribution < -0.4 is 0 Å². The van der Waals surface area contributed by atoms with Crippen molar-refractivity contribution < 1.29 is 14.6 Å². The number of aliphatic hydroxyl groups excluding tert-OH is 1. The van der Waals surface area contributed by atoms with Gasteiger partial charge in [-0.05, 0) is 62.2 Å². The van der Waals surface area contributed by atoms with Crippen LogP contribution in [0.2, 0.25) is 0 Å². The molecule has 0 amide bonds. The summed E-state index contributed by atoms with van der Waals surface area (Å²) in [5.41, 5.74) is 0.376. The molecule has 1 saturated heterocycles. The number of fused-ring (bicyclic) bond motifs is 1. The second-order valence-corrected chi connectivity index (χ2v) is 8.46. The van der Waals surface area contributed by atoms with Gasteiger partial charge in [-0.2, -0.15) is 0 Å². The molecule has 0 aromatic rings. The first-order valence-electron chi connectivity index (χ1n) is 9.41. The molecular weight excluding hydrogens is 276 g/mol. The van der Waals surface area contributed by atoms with Gasteiger partial charge in [-0.1, -0.05) is 26.7 Å². The summed E-state index contributed by atoms with van der Waals surface area (Å²) in [4.78, 5) is 0. The Morgan fingerprint density at radius 2 is 1.86 bits per heavy atom. The van der Waals surface area contributed by atoms with E-state index in [1.165, 1.54) is 38.5 Å². The van der Waals surface area contributed by atoms with Crippen LogP contribution in [0.5, 0.6) is 0 Å². The van der Waals surface area contributed by atoms with Crippen LogP contribution >= 0.6 is 0 Å². The molecule has 2 aliphatic carbocycles. The molecule has 3 nitrogen and oxygen atoms in total. The number of hydrogen-bond donors (Lipinski definition) is 1. The summed E-state index contributed by atoms with van der Waals surface area (Å²) in [6.07, 6.45) is 9.48. The second kappa shape index (κ2) is 6.41. The summed E-state index contributed by atoms with van der Waals surface area (Å²) in [6.45, 7) is 8.45. The van der Waals surface area contributed by atoms with Crippen molar-refractivity contribution in [3.05, 3.63) is 0 Å². The molecule has 3 fully saturated rings. The third kappa shape index (κ3) is 3.09. The van der Waals surface area contributed by atoms with Gasteiger partial charge < -0.3 is 14.6 Å². The first-order chi connectivity index (χ1) is 10.4. The minimum absolute atomic E-state index is 0.0462. The van der Waals surface area contributed by atoms with Crippen molar-refractivity contribution in [2.24, 2.45) is 23.2 Å². The van der Waals surface area contributed by atoms with E-state index in [0.29, 0.717) is 11.3 Å². The molecule has 3 rings (SSSR count). The van der Waals surface area contributed by atoms with Gasteiger partial charge in [0.15, 0.2) is 5.79 Å². The van der Waals surface area contributed by atoms with E-state index in [9.17, 15) is 5.11 Å². The van der Waals surface area contributed by atoms with Gasteiger partial charge in [0.25, 0.3) is 0 Å². The molecule has 1 heterocycles. The highest BCUT2D eigenvalue weighted by atomic mass is 16.7. The lowest BCUT2D eigenvalue weighted by Crippen LogP contribution is -2.41. The van der Waals surface area contributed by atoms with E-state index in [1.54, 1.807) is 0 Å². The normalized spacial score (nSPS) is 42.3. The minimum atomic E-state index is -0.330. The molecule has 3 heteroatoms. The lowest BCUT2D eigenvalue weighted by Gasteiger charge is -2.45. The van der Waals surface area contributed by atoms with Crippen LogP contribution in [0.3, 0.4) is 0 Å². The van der Waals surface area contributed by atoms with Crippen LogP contribution in [0, 0.1) is 23.2 Å². The smallest absolute Gasteiger partial charge is 0.165 e. The van der Waals surface area contributed by atoms with E-state index < -0.39 is 0 Å². The van der Waals surface area contributed by atoms with E-state index in [2.05, 4.69) is 20.8 Å². The summed E-state index contributed by atoms with van der Waals surface area (Å²) >= 11 is 0. The molecule has 0 aromatic carbocycles. The van der Waals surface area contributed by atoms with E-state index in [4.69, 9.17) is 9.47 Å². The summed E-state index contributed by atoms with van der Waals surface area (Å²) in [6, 6.07) is 0. The second-order valence-electron chi connectivity index (χ2n) is 8.46. The first kappa shape index (κ1) is 16.7. The van der Waals surface area contributed by atoms with E-state index >= 15 is 0 Å². The Hall–Kier alpha value is -0.120. The van der Waals surface area contributed by atoms with Crippen molar-refractivity contribution in [3.63, 3.8) is 0 Å². The first-order valence-corrected chi connectivity index (χ1v) is 9.41. The quantitative estimate of drug-likeness (QED) is 0.829. The van der Waals surface area contributed by atoms with Gasteiger partial charge in [0.1, 0.15) is 0 Å². The van der Waals surface area contributed by atoms with Crippen molar-refractivity contribution in [2.45, 2.75) is 84.0 Å². The van der Waals surface area contributed by atoms with Crippen LogP contribution in [-0.4, -0.2) is 30.2 Å². The minimum Gasteiger partial charge on any atom is -0.393 e. The van der Waals surface area contributed by atoms with Gasteiger partial charge in [-0.3, -0.25) is 0 Å². The Morgan fingerprint density at radius 3 is 2.59 bits per heavy atom. The molecule has 0 radical (unpaired) electrons. The molecule has 0 bridgehead atoms. The average molecular weight is 310 g/mol. The highest BCUT2D eigenvalue weighted by Gasteiger charge is 2.52. The standard InChI is InChI=1S/C19H34O3/c1-14(6-4-11-19(3)21-12-13-22-19)15-8-9-16-17(20)7-5-10-18(15,16)2/h14-17,20H,4-13H2,1-3H3. The fourth-order valence-corrected chi connectivity index (χ4v) is 5.77. The summed E-state index contributed by atoms with van der Waals surface area (Å²) in [5, 5.41) is 10.4. The Kier molecular flexibility index (Phi) is 4.87. The molecule has 0 spiro atoms. The van der Waals surface area contributed by atoms with Crippen LogP contribution in [-0.2, 0) is 9.47 Å². The fraction of sp³-hybridized carbons (Fsp3) is 1.00. The third-order valence-corrected chi connectivity index (χ3v) is 7.04. The maximum absolute atomic E-state index is 10.4. The maximum atomic E-state index is 10.4. The van der Waals surface area contributed by atoms with Crippen molar-refractivity contribution in [2.75, 3.05) is 13.2 Å². The Balaban J connectivity index is 1.52. The fourth-order valence-electron chi connectivity index (χ4n) is 5.77. The van der Waals surface area contributed by atoms with Crippen LogP contribution in [0.25, 0.3) is 0 Å². The lowest BCUT2D eigenvalue weighted by molar-refractivity contribution is -0.148. The van der Waals surface area contributed by atoms with Crippen LogP contribution in [0.15, 0.2) is 0 Å². The highest BCUT2D eigenvalue weighted by Crippen LogP contribution is 2.58. The average Bonchev–Trinajstić information content (AvgIpc) is 3.03. The zero-order valence-corrected chi connectivity index (χ0v) is 14.6. The zero-order chi connectivity index (χ0) is 15.8. The Labute approximate surface area is 135 Å². The molecule has 1 N–H and O–H groups in total. The number of rotatable bonds is 5. The van der Waals surface area contributed by atoms with Crippen molar-refractivity contribution in [3.8, 4) is 0 Å². The zero-order valence-electron chi connectivity index (χ0n) is 14.6. The number of ether oxygens (including phenoxy) is 2. The topological polar surface area (TPSA) is 38.7 Å². The Bertz CT molecular complexity index is 377.